The third-order valence-corrected chi connectivity index (χ3v) is 2.17. The Morgan fingerprint density at radius 2 is 2.19 bits per heavy atom. The Labute approximate surface area is 94.7 Å². The molecule has 16 heavy (non-hydrogen) atoms. The van der Waals surface area contributed by atoms with Gasteiger partial charge in [-0.2, -0.15) is 0 Å². The summed E-state index contributed by atoms with van der Waals surface area (Å²) in [5.41, 5.74) is 1.61. The summed E-state index contributed by atoms with van der Waals surface area (Å²) in [6.45, 7) is 4.88. The molecule has 0 bridgehead atoms. The summed E-state index contributed by atoms with van der Waals surface area (Å²) in [5, 5.41) is 7.26. The maximum absolute atomic E-state index is 5.22. The first-order chi connectivity index (χ1) is 7.75. The van der Waals surface area contributed by atoms with Crippen LogP contribution in [0.1, 0.15) is 19.6 Å². The van der Waals surface area contributed by atoms with Crippen LogP contribution in [0.3, 0.4) is 0 Å². The van der Waals surface area contributed by atoms with E-state index in [1.807, 2.05) is 24.3 Å². The second-order valence-electron chi connectivity index (χ2n) is 3.93. The van der Waals surface area contributed by atoms with Crippen LogP contribution in [0.5, 0.6) is 0 Å². The van der Waals surface area contributed by atoms with Gasteiger partial charge < -0.3 is 9.84 Å². The van der Waals surface area contributed by atoms with Crippen LogP contribution < -0.4 is 5.32 Å². The van der Waals surface area contributed by atoms with Gasteiger partial charge in [-0.15, -0.1) is 0 Å². The summed E-state index contributed by atoms with van der Waals surface area (Å²) in [5.74, 6) is 0.828. The van der Waals surface area contributed by atoms with Crippen LogP contribution >= 0.6 is 0 Å². The van der Waals surface area contributed by atoms with Crippen LogP contribution in [-0.2, 0) is 6.54 Å². The van der Waals surface area contributed by atoms with Crippen LogP contribution in [0.15, 0.2) is 35.0 Å². The highest BCUT2D eigenvalue weighted by Crippen LogP contribution is 2.15. The van der Waals surface area contributed by atoms with Crippen molar-refractivity contribution >= 4 is 0 Å². The Hall–Kier alpha value is -1.68. The molecule has 0 aliphatic rings. The zero-order valence-corrected chi connectivity index (χ0v) is 9.47. The van der Waals surface area contributed by atoms with Crippen LogP contribution in [0.4, 0.5) is 0 Å². The molecule has 0 amide bonds. The number of pyridine rings is 1. The molecule has 4 nitrogen and oxygen atoms in total. The number of hydrogen-bond acceptors (Lipinski definition) is 4. The van der Waals surface area contributed by atoms with Crippen molar-refractivity contribution in [2.24, 2.45) is 0 Å². The van der Waals surface area contributed by atoms with Crippen LogP contribution in [-0.4, -0.2) is 16.2 Å². The molecular formula is C12H15N3O. The van der Waals surface area contributed by atoms with Crippen molar-refractivity contribution in [1.82, 2.24) is 15.5 Å². The Bertz CT molecular complexity index is 437. The Balaban J connectivity index is 2.08. The average Bonchev–Trinajstić information content (AvgIpc) is 2.76. The molecule has 0 unspecified atom stereocenters. The lowest BCUT2D eigenvalue weighted by atomic mass is 10.2. The molecule has 0 aromatic carbocycles. The zero-order chi connectivity index (χ0) is 11.4. The van der Waals surface area contributed by atoms with Crippen LogP contribution in [0, 0.1) is 0 Å². The highest BCUT2D eigenvalue weighted by atomic mass is 16.5. The predicted molar refractivity (Wildman–Crippen MR) is 61.7 cm³/mol. The number of nitrogens with zero attached hydrogens (tertiary/aromatic N) is 2. The maximum atomic E-state index is 5.22. The minimum atomic E-state index is 0.434. The van der Waals surface area contributed by atoms with Crippen molar-refractivity contribution in [2.75, 3.05) is 0 Å². The van der Waals surface area contributed by atoms with Gasteiger partial charge in [0.25, 0.3) is 0 Å². The molecule has 0 saturated heterocycles. The van der Waals surface area contributed by atoms with E-state index in [0.29, 0.717) is 12.6 Å². The van der Waals surface area contributed by atoms with Gasteiger partial charge in [0.1, 0.15) is 5.69 Å². The van der Waals surface area contributed by atoms with E-state index < -0.39 is 0 Å². The van der Waals surface area contributed by atoms with E-state index in [1.165, 1.54) is 0 Å². The molecule has 1 N–H and O–H groups in total. The van der Waals surface area contributed by atoms with E-state index in [-0.39, 0.29) is 0 Å². The molecule has 2 aromatic rings. The van der Waals surface area contributed by atoms with Gasteiger partial charge in [-0.1, -0.05) is 25.1 Å². The largest absolute Gasteiger partial charge is 0.359 e. The van der Waals surface area contributed by atoms with Crippen molar-refractivity contribution in [3.8, 4) is 11.4 Å². The molecule has 2 heterocycles. The summed E-state index contributed by atoms with van der Waals surface area (Å²) >= 11 is 0. The Morgan fingerprint density at radius 1 is 1.31 bits per heavy atom. The molecule has 0 saturated carbocycles. The van der Waals surface area contributed by atoms with E-state index in [2.05, 4.69) is 29.3 Å². The third kappa shape index (κ3) is 2.67. The summed E-state index contributed by atoms with van der Waals surface area (Å²) in [6.07, 6.45) is 1.75. The third-order valence-electron chi connectivity index (χ3n) is 2.17. The van der Waals surface area contributed by atoms with E-state index in [1.54, 1.807) is 6.20 Å². The molecule has 0 fully saturated rings. The lowest BCUT2D eigenvalue weighted by Crippen LogP contribution is -2.21. The molecule has 2 aromatic heterocycles. The molecule has 0 radical (unpaired) electrons. The van der Waals surface area contributed by atoms with Gasteiger partial charge in [-0.05, 0) is 12.1 Å². The number of hydrogen-bond donors (Lipinski definition) is 1. The van der Waals surface area contributed by atoms with Gasteiger partial charge in [0.2, 0.25) is 0 Å². The second kappa shape index (κ2) is 4.90. The quantitative estimate of drug-likeness (QED) is 0.853. The van der Waals surface area contributed by atoms with Crippen LogP contribution in [0.25, 0.3) is 11.4 Å². The smallest absolute Gasteiger partial charge is 0.151 e. The van der Waals surface area contributed by atoms with Crippen molar-refractivity contribution in [3.63, 3.8) is 0 Å². The first kappa shape index (κ1) is 10.8. The summed E-state index contributed by atoms with van der Waals surface area (Å²) in [6, 6.07) is 8.08. The molecule has 0 spiro atoms. The molecule has 0 aliphatic heterocycles. The maximum Gasteiger partial charge on any atom is 0.151 e. The monoisotopic (exact) mass is 217 g/mol. The predicted octanol–water partition coefficient (Wildman–Crippen LogP) is 2.23. The van der Waals surface area contributed by atoms with Gasteiger partial charge >= 0.3 is 0 Å². The highest BCUT2D eigenvalue weighted by molar-refractivity contribution is 5.52. The van der Waals surface area contributed by atoms with Gasteiger partial charge in [0.05, 0.1) is 12.2 Å². The Kier molecular flexibility index (Phi) is 3.31. The topological polar surface area (TPSA) is 51.0 Å². The number of rotatable bonds is 4. The summed E-state index contributed by atoms with van der Waals surface area (Å²) in [7, 11) is 0. The molecule has 2 rings (SSSR count). The standard InChI is InChI=1S/C12H15N3O/c1-9(2)14-8-10-7-12(15-16-10)11-5-3-4-6-13-11/h3-7,9,14H,8H2,1-2H3. The van der Waals surface area contributed by atoms with Gasteiger partial charge in [-0.25, -0.2) is 0 Å². The molecule has 84 valence electrons. The van der Waals surface area contributed by atoms with Gasteiger partial charge in [0, 0.05) is 18.3 Å². The minimum absolute atomic E-state index is 0.434. The van der Waals surface area contributed by atoms with E-state index in [0.717, 1.165) is 17.1 Å². The molecule has 4 heteroatoms. The van der Waals surface area contributed by atoms with Crippen molar-refractivity contribution in [3.05, 3.63) is 36.2 Å². The molecule has 0 atom stereocenters. The first-order valence-corrected chi connectivity index (χ1v) is 5.36. The van der Waals surface area contributed by atoms with Crippen molar-refractivity contribution < 1.29 is 4.52 Å². The first-order valence-electron chi connectivity index (χ1n) is 5.36. The van der Waals surface area contributed by atoms with Gasteiger partial charge in [-0.3, -0.25) is 4.98 Å². The summed E-state index contributed by atoms with van der Waals surface area (Å²) in [4.78, 5) is 4.21. The minimum Gasteiger partial charge on any atom is -0.359 e. The summed E-state index contributed by atoms with van der Waals surface area (Å²) < 4.78 is 5.22. The zero-order valence-electron chi connectivity index (χ0n) is 9.47. The van der Waals surface area contributed by atoms with Crippen LogP contribution in [0.2, 0.25) is 0 Å². The van der Waals surface area contributed by atoms with E-state index >= 15 is 0 Å². The fourth-order valence-corrected chi connectivity index (χ4v) is 1.34. The Morgan fingerprint density at radius 3 is 2.88 bits per heavy atom. The fourth-order valence-electron chi connectivity index (χ4n) is 1.34. The molecule has 0 aliphatic carbocycles. The van der Waals surface area contributed by atoms with Crippen molar-refractivity contribution in [1.29, 1.82) is 0 Å². The lowest BCUT2D eigenvalue weighted by Gasteiger charge is -2.03. The molecular weight excluding hydrogens is 202 g/mol. The number of nitrogens with one attached hydrogen (secondary N) is 1. The fraction of sp³-hybridized carbons (Fsp3) is 0.333. The average molecular weight is 217 g/mol. The lowest BCUT2D eigenvalue weighted by molar-refractivity contribution is 0.369. The SMILES string of the molecule is CC(C)NCc1cc(-c2ccccn2)no1. The highest BCUT2D eigenvalue weighted by Gasteiger charge is 2.07. The normalized spacial score (nSPS) is 10.9. The van der Waals surface area contributed by atoms with Crippen molar-refractivity contribution in [2.45, 2.75) is 26.4 Å². The number of aromatic nitrogens is 2. The van der Waals surface area contributed by atoms with E-state index in [9.17, 15) is 0 Å². The van der Waals surface area contributed by atoms with E-state index in [4.69, 9.17) is 4.52 Å². The van der Waals surface area contributed by atoms with Gasteiger partial charge in [0.15, 0.2) is 5.76 Å². The second-order valence-corrected chi connectivity index (χ2v) is 3.93.